The summed E-state index contributed by atoms with van der Waals surface area (Å²) in [7, 11) is 0. The van der Waals surface area contributed by atoms with Crippen molar-refractivity contribution in [2.45, 2.75) is 82.7 Å². The molecule has 2 N–H and O–H groups in total. The monoisotopic (exact) mass is 238 g/mol. The zero-order chi connectivity index (χ0) is 12.1. The molecule has 0 radical (unpaired) electrons. The van der Waals surface area contributed by atoms with E-state index in [-0.39, 0.29) is 0 Å². The topological polar surface area (TPSA) is 29.3 Å². The molecule has 0 unspecified atom stereocenters. The average Bonchev–Trinajstić information content (AvgIpc) is 3.11. The van der Waals surface area contributed by atoms with Crippen LogP contribution in [0.5, 0.6) is 0 Å². The molecule has 0 saturated heterocycles. The molecule has 2 heteroatoms. The Kier molecular flexibility index (Phi) is 4.87. The van der Waals surface area contributed by atoms with Crippen LogP contribution in [0.25, 0.3) is 0 Å². The molecule has 0 amide bonds. The minimum atomic E-state index is 0.359. The molecule has 0 heterocycles. The van der Waals surface area contributed by atoms with Crippen molar-refractivity contribution in [2.75, 3.05) is 13.1 Å². The van der Waals surface area contributed by atoms with Crippen LogP contribution < -0.4 is 5.73 Å². The van der Waals surface area contributed by atoms with E-state index in [1.54, 1.807) is 0 Å². The second kappa shape index (κ2) is 6.19. The third-order valence-corrected chi connectivity index (χ3v) is 4.73. The highest BCUT2D eigenvalue weighted by Crippen LogP contribution is 2.39. The molecule has 2 nitrogen and oxygen atoms in total. The minimum absolute atomic E-state index is 0.359. The second-order valence-electron chi connectivity index (χ2n) is 6.12. The highest BCUT2D eigenvalue weighted by molar-refractivity contribution is 4.99. The SMILES string of the molecule is CCCN(C1CC1)C1(CN)CCCCCCC1. The van der Waals surface area contributed by atoms with Gasteiger partial charge in [-0.2, -0.15) is 0 Å². The quantitative estimate of drug-likeness (QED) is 0.796. The lowest BCUT2D eigenvalue weighted by Gasteiger charge is -2.45. The first-order valence-corrected chi connectivity index (χ1v) is 7.79. The van der Waals surface area contributed by atoms with E-state index in [1.165, 1.54) is 70.8 Å². The van der Waals surface area contributed by atoms with E-state index >= 15 is 0 Å². The van der Waals surface area contributed by atoms with E-state index in [1.807, 2.05) is 0 Å². The van der Waals surface area contributed by atoms with Crippen molar-refractivity contribution in [3.8, 4) is 0 Å². The summed E-state index contributed by atoms with van der Waals surface area (Å²) >= 11 is 0. The summed E-state index contributed by atoms with van der Waals surface area (Å²) in [5.74, 6) is 0. The number of hydrogen-bond acceptors (Lipinski definition) is 2. The van der Waals surface area contributed by atoms with Gasteiger partial charge in [0.2, 0.25) is 0 Å². The maximum Gasteiger partial charge on any atom is 0.0334 e. The zero-order valence-electron chi connectivity index (χ0n) is 11.6. The van der Waals surface area contributed by atoms with Crippen molar-refractivity contribution in [1.82, 2.24) is 4.90 Å². The first-order valence-electron chi connectivity index (χ1n) is 7.79. The summed E-state index contributed by atoms with van der Waals surface area (Å²) in [6.45, 7) is 4.45. The molecule has 2 aliphatic rings. The van der Waals surface area contributed by atoms with E-state index in [0.717, 1.165) is 12.6 Å². The number of nitrogens with two attached hydrogens (primary N) is 1. The predicted octanol–water partition coefficient (Wildman–Crippen LogP) is 3.30. The Morgan fingerprint density at radius 1 is 1.06 bits per heavy atom. The van der Waals surface area contributed by atoms with Gasteiger partial charge in [-0.25, -0.2) is 0 Å². The molecule has 0 atom stereocenters. The van der Waals surface area contributed by atoms with E-state index in [2.05, 4.69) is 11.8 Å². The molecular weight excluding hydrogens is 208 g/mol. The molecule has 2 rings (SSSR count). The normalized spacial score (nSPS) is 25.6. The summed E-state index contributed by atoms with van der Waals surface area (Å²) in [6.07, 6.45) is 13.9. The van der Waals surface area contributed by atoms with Gasteiger partial charge in [0.15, 0.2) is 0 Å². The first kappa shape index (κ1) is 13.4. The smallest absolute Gasteiger partial charge is 0.0334 e. The van der Waals surface area contributed by atoms with Gasteiger partial charge in [0, 0.05) is 18.1 Å². The molecule has 2 fully saturated rings. The zero-order valence-corrected chi connectivity index (χ0v) is 11.6. The summed E-state index contributed by atoms with van der Waals surface area (Å²) in [4.78, 5) is 2.80. The van der Waals surface area contributed by atoms with Gasteiger partial charge in [-0.05, 0) is 38.6 Å². The Morgan fingerprint density at radius 3 is 2.12 bits per heavy atom. The largest absolute Gasteiger partial charge is 0.329 e. The molecule has 0 aromatic carbocycles. The van der Waals surface area contributed by atoms with Gasteiger partial charge < -0.3 is 5.73 Å². The molecule has 17 heavy (non-hydrogen) atoms. The van der Waals surface area contributed by atoms with Crippen molar-refractivity contribution in [3.63, 3.8) is 0 Å². The lowest BCUT2D eigenvalue weighted by molar-refractivity contribution is 0.0584. The maximum atomic E-state index is 6.21. The Labute approximate surface area is 107 Å². The molecule has 0 aliphatic heterocycles. The Bertz CT molecular complexity index is 215. The highest BCUT2D eigenvalue weighted by atomic mass is 15.3. The fourth-order valence-corrected chi connectivity index (χ4v) is 3.61. The van der Waals surface area contributed by atoms with Crippen LogP contribution in [0.4, 0.5) is 0 Å². The third kappa shape index (κ3) is 3.23. The molecule has 0 aromatic heterocycles. The van der Waals surface area contributed by atoms with Crippen molar-refractivity contribution in [1.29, 1.82) is 0 Å². The van der Waals surface area contributed by atoms with Gasteiger partial charge >= 0.3 is 0 Å². The summed E-state index contributed by atoms with van der Waals surface area (Å²) in [5.41, 5.74) is 6.57. The average molecular weight is 238 g/mol. The molecule has 0 bridgehead atoms. The van der Waals surface area contributed by atoms with Gasteiger partial charge in [0.25, 0.3) is 0 Å². The van der Waals surface area contributed by atoms with Crippen LogP contribution in [-0.4, -0.2) is 29.6 Å². The van der Waals surface area contributed by atoms with Gasteiger partial charge in [-0.1, -0.05) is 39.0 Å². The van der Waals surface area contributed by atoms with Crippen LogP contribution in [0.3, 0.4) is 0 Å². The maximum absolute atomic E-state index is 6.21. The van der Waals surface area contributed by atoms with E-state index < -0.39 is 0 Å². The minimum Gasteiger partial charge on any atom is -0.329 e. The van der Waals surface area contributed by atoms with Gasteiger partial charge in [0.05, 0.1) is 0 Å². The van der Waals surface area contributed by atoms with Crippen LogP contribution in [0.2, 0.25) is 0 Å². The number of nitrogens with zero attached hydrogens (tertiary/aromatic N) is 1. The molecule has 100 valence electrons. The Balaban J connectivity index is 2.06. The fourth-order valence-electron chi connectivity index (χ4n) is 3.61. The molecule has 2 saturated carbocycles. The van der Waals surface area contributed by atoms with Crippen LogP contribution in [0.15, 0.2) is 0 Å². The third-order valence-electron chi connectivity index (χ3n) is 4.73. The Morgan fingerprint density at radius 2 is 1.65 bits per heavy atom. The summed E-state index contributed by atoms with van der Waals surface area (Å²) in [6, 6.07) is 0.873. The molecule has 0 aromatic rings. The number of hydrogen-bond donors (Lipinski definition) is 1. The lowest BCUT2D eigenvalue weighted by Crippen LogP contribution is -2.55. The standard InChI is InChI=1S/C15H30N2/c1-2-12-17(14-8-9-14)15(13-16)10-6-4-3-5-7-11-15/h14H,2-13,16H2,1H3. The molecule has 2 aliphatic carbocycles. The molecule has 0 spiro atoms. The van der Waals surface area contributed by atoms with Crippen LogP contribution in [0, 0.1) is 0 Å². The summed E-state index contributed by atoms with van der Waals surface area (Å²) < 4.78 is 0. The van der Waals surface area contributed by atoms with E-state index in [9.17, 15) is 0 Å². The van der Waals surface area contributed by atoms with E-state index in [0.29, 0.717) is 5.54 Å². The summed E-state index contributed by atoms with van der Waals surface area (Å²) in [5, 5.41) is 0. The van der Waals surface area contributed by atoms with Crippen LogP contribution in [0.1, 0.15) is 71.1 Å². The van der Waals surface area contributed by atoms with Gasteiger partial charge in [-0.15, -0.1) is 0 Å². The van der Waals surface area contributed by atoms with Crippen LogP contribution in [-0.2, 0) is 0 Å². The number of rotatable bonds is 5. The highest BCUT2D eigenvalue weighted by Gasteiger charge is 2.42. The van der Waals surface area contributed by atoms with Crippen molar-refractivity contribution in [2.24, 2.45) is 5.73 Å². The van der Waals surface area contributed by atoms with Crippen molar-refractivity contribution >= 4 is 0 Å². The van der Waals surface area contributed by atoms with Crippen molar-refractivity contribution in [3.05, 3.63) is 0 Å². The van der Waals surface area contributed by atoms with Gasteiger partial charge in [-0.3, -0.25) is 4.90 Å². The van der Waals surface area contributed by atoms with Crippen molar-refractivity contribution < 1.29 is 0 Å². The predicted molar refractivity (Wildman–Crippen MR) is 74.1 cm³/mol. The second-order valence-corrected chi connectivity index (χ2v) is 6.12. The van der Waals surface area contributed by atoms with E-state index in [4.69, 9.17) is 5.73 Å². The van der Waals surface area contributed by atoms with Gasteiger partial charge in [0.1, 0.15) is 0 Å². The van der Waals surface area contributed by atoms with Crippen LogP contribution >= 0.6 is 0 Å². The Hall–Kier alpha value is -0.0800. The lowest BCUT2D eigenvalue weighted by atomic mass is 9.82. The molecular formula is C15H30N2. The fraction of sp³-hybridized carbons (Fsp3) is 1.00. The first-order chi connectivity index (χ1) is 8.32.